The standard InChI is InChI=1S/C43H27N3/c1-3-14-28(15-4-1)38-27-39(46-43(45-38)29-16-5-2-6-17-29)30-18-13-19-31(26-30)42-41-35-23-10-8-21-33(35)32-20-7-9-22-34(32)40(41)36-24-11-12-25-37(36)44-42/h1-27H. The third kappa shape index (κ3) is 4.33. The fourth-order valence-corrected chi connectivity index (χ4v) is 6.73. The molecule has 0 unspecified atom stereocenters. The molecule has 3 heteroatoms. The highest BCUT2D eigenvalue weighted by atomic mass is 14.9. The van der Waals surface area contributed by atoms with Crippen LogP contribution in [0.5, 0.6) is 0 Å². The van der Waals surface area contributed by atoms with Crippen molar-refractivity contribution in [1.29, 1.82) is 0 Å². The zero-order chi connectivity index (χ0) is 30.5. The minimum atomic E-state index is 0.703. The van der Waals surface area contributed by atoms with E-state index in [1.54, 1.807) is 0 Å². The second-order valence-corrected chi connectivity index (χ2v) is 11.6. The highest BCUT2D eigenvalue weighted by Gasteiger charge is 2.18. The maximum absolute atomic E-state index is 5.36. The molecule has 0 saturated heterocycles. The van der Waals surface area contributed by atoms with Crippen LogP contribution in [0.15, 0.2) is 164 Å². The van der Waals surface area contributed by atoms with E-state index >= 15 is 0 Å². The molecule has 0 fully saturated rings. The van der Waals surface area contributed by atoms with E-state index in [0.717, 1.165) is 50.2 Å². The lowest BCUT2D eigenvalue weighted by Gasteiger charge is -2.16. The van der Waals surface area contributed by atoms with Gasteiger partial charge in [0, 0.05) is 38.4 Å². The molecule has 3 nitrogen and oxygen atoms in total. The Bertz CT molecular complexity index is 2520. The largest absolute Gasteiger partial charge is 0.247 e. The van der Waals surface area contributed by atoms with E-state index in [2.05, 4.69) is 127 Å². The van der Waals surface area contributed by atoms with Crippen LogP contribution in [0, 0.1) is 0 Å². The summed E-state index contributed by atoms with van der Waals surface area (Å²) in [6.07, 6.45) is 0. The number of benzene rings is 7. The van der Waals surface area contributed by atoms with Gasteiger partial charge in [0.15, 0.2) is 5.82 Å². The summed E-state index contributed by atoms with van der Waals surface area (Å²) < 4.78 is 0. The van der Waals surface area contributed by atoms with Crippen molar-refractivity contribution in [3.63, 3.8) is 0 Å². The molecule has 7 aromatic carbocycles. The van der Waals surface area contributed by atoms with E-state index in [9.17, 15) is 0 Å². The molecule has 0 saturated carbocycles. The Kier molecular flexibility index (Phi) is 6.14. The first-order valence-electron chi connectivity index (χ1n) is 15.5. The summed E-state index contributed by atoms with van der Waals surface area (Å²) in [7, 11) is 0. The van der Waals surface area contributed by atoms with E-state index < -0.39 is 0 Å². The van der Waals surface area contributed by atoms with Crippen molar-refractivity contribution >= 4 is 43.2 Å². The van der Waals surface area contributed by atoms with Crippen molar-refractivity contribution in [2.45, 2.75) is 0 Å². The Morgan fingerprint density at radius 3 is 1.50 bits per heavy atom. The van der Waals surface area contributed by atoms with Crippen LogP contribution in [0.25, 0.3) is 88.4 Å². The zero-order valence-electron chi connectivity index (χ0n) is 24.9. The molecule has 0 aliphatic heterocycles. The number of hydrogen-bond donors (Lipinski definition) is 0. The summed E-state index contributed by atoms with van der Waals surface area (Å²) in [5, 5.41) is 8.50. The summed E-state index contributed by atoms with van der Waals surface area (Å²) in [5.41, 5.74) is 7.82. The van der Waals surface area contributed by atoms with Crippen LogP contribution in [0.4, 0.5) is 0 Å². The second kappa shape index (κ2) is 10.8. The molecule has 0 atom stereocenters. The molecule has 0 spiro atoms. The molecule has 0 aliphatic carbocycles. The molecule has 0 radical (unpaired) electrons. The first-order chi connectivity index (χ1) is 22.8. The van der Waals surface area contributed by atoms with Crippen LogP contribution in [0.2, 0.25) is 0 Å². The smallest absolute Gasteiger partial charge is 0.160 e. The summed E-state index contributed by atoms with van der Waals surface area (Å²) >= 11 is 0. The Hall–Kier alpha value is -6.19. The number of rotatable bonds is 4. The van der Waals surface area contributed by atoms with Gasteiger partial charge >= 0.3 is 0 Å². The summed E-state index contributed by atoms with van der Waals surface area (Å²) in [4.78, 5) is 15.5. The summed E-state index contributed by atoms with van der Waals surface area (Å²) in [6.45, 7) is 0. The van der Waals surface area contributed by atoms with Gasteiger partial charge < -0.3 is 0 Å². The summed E-state index contributed by atoms with van der Waals surface area (Å²) in [5.74, 6) is 0.703. The van der Waals surface area contributed by atoms with Gasteiger partial charge in [-0.1, -0.05) is 146 Å². The molecule has 0 aliphatic rings. The SMILES string of the molecule is c1ccc(-c2cc(-c3cccc(-c4nc5ccccc5c5c6ccccc6c6ccccc6c45)c3)nc(-c3ccccc3)n2)cc1. The van der Waals surface area contributed by atoms with E-state index in [1.807, 2.05) is 36.4 Å². The Morgan fingerprint density at radius 2 is 0.804 bits per heavy atom. The van der Waals surface area contributed by atoms with Gasteiger partial charge in [0.2, 0.25) is 0 Å². The number of hydrogen-bond acceptors (Lipinski definition) is 3. The molecule has 9 aromatic rings. The van der Waals surface area contributed by atoms with Crippen LogP contribution in [0.1, 0.15) is 0 Å². The molecule has 2 aromatic heterocycles. The van der Waals surface area contributed by atoms with Crippen LogP contribution >= 0.6 is 0 Å². The lowest BCUT2D eigenvalue weighted by atomic mass is 9.89. The molecule has 2 heterocycles. The van der Waals surface area contributed by atoms with Gasteiger partial charge in [-0.05, 0) is 39.7 Å². The van der Waals surface area contributed by atoms with Gasteiger partial charge in [-0.25, -0.2) is 15.0 Å². The van der Waals surface area contributed by atoms with Gasteiger partial charge in [-0.3, -0.25) is 0 Å². The molecule has 46 heavy (non-hydrogen) atoms. The predicted octanol–water partition coefficient (Wildman–Crippen LogP) is 11.2. The fraction of sp³-hybridized carbons (Fsp3) is 0. The summed E-state index contributed by atoms with van der Waals surface area (Å²) in [6, 6.07) is 57.2. The van der Waals surface area contributed by atoms with Crippen LogP contribution in [-0.2, 0) is 0 Å². The topological polar surface area (TPSA) is 38.7 Å². The Morgan fingerprint density at radius 1 is 0.304 bits per heavy atom. The normalized spacial score (nSPS) is 11.5. The molecule has 0 amide bonds. The number of aromatic nitrogens is 3. The molecule has 0 N–H and O–H groups in total. The van der Waals surface area contributed by atoms with E-state index in [-0.39, 0.29) is 0 Å². The maximum atomic E-state index is 5.36. The van der Waals surface area contributed by atoms with Gasteiger partial charge in [0.05, 0.1) is 22.6 Å². The van der Waals surface area contributed by atoms with Crippen molar-refractivity contribution < 1.29 is 0 Å². The van der Waals surface area contributed by atoms with Gasteiger partial charge in [0.25, 0.3) is 0 Å². The predicted molar refractivity (Wildman–Crippen MR) is 192 cm³/mol. The van der Waals surface area contributed by atoms with Gasteiger partial charge in [0.1, 0.15) is 0 Å². The highest BCUT2D eigenvalue weighted by Crippen LogP contribution is 2.43. The van der Waals surface area contributed by atoms with E-state index in [0.29, 0.717) is 5.82 Å². The van der Waals surface area contributed by atoms with Crippen molar-refractivity contribution in [2.24, 2.45) is 0 Å². The third-order valence-corrected chi connectivity index (χ3v) is 8.83. The molecular weight excluding hydrogens is 558 g/mol. The Balaban J connectivity index is 1.33. The van der Waals surface area contributed by atoms with Crippen LogP contribution in [-0.4, -0.2) is 15.0 Å². The second-order valence-electron chi connectivity index (χ2n) is 11.6. The van der Waals surface area contributed by atoms with E-state index in [1.165, 1.54) is 32.3 Å². The number of para-hydroxylation sites is 1. The van der Waals surface area contributed by atoms with Crippen molar-refractivity contribution in [3.05, 3.63) is 164 Å². The number of pyridine rings is 1. The Labute approximate surface area is 266 Å². The van der Waals surface area contributed by atoms with Crippen molar-refractivity contribution in [2.75, 3.05) is 0 Å². The molecule has 0 bridgehead atoms. The lowest BCUT2D eigenvalue weighted by molar-refractivity contribution is 1.18. The fourth-order valence-electron chi connectivity index (χ4n) is 6.73. The number of nitrogens with zero attached hydrogens (tertiary/aromatic N) is 3. The maximum Gasteiger partial charge on any atom is 0.160 e. The van der Waals surface area contributed by atoms with Gasteiger partial charge in [-0.15, -0.1) is 0 Å². The zero-order valence-corrected chi connectivity index (χ0v) is 24.9. The average Bonchev–Trinajstić information content (AvgIpc) is 3.15. The molecule has 9 rings (SSSR count). The minimum absolute atomic E-state index is 0.703. The first-order valence-corrected chi connectivity index (χ1v) is 15.5. The van der Waals surface area contributed by atoms with Crippen LogP contribution < -0.4 is 0 Å². The first kappa shape index (κ1) is 26.2. The molecule has 214 valence electrons. The van der Waals surface area contributed by atoms with E-state index in [4.69, 9.17) is 15.0 Å². The average molecular weight is 586 g/mol. The molecular formula is C43H27N3. The number of fused-ring (bicyclic) bond motifs is 8. The quantitative estimate of drug-likeness (QED) is 0.193. The lowest BCUT2D eigenvalue weighted by Crippen LogP contribution is -1.96. The highest BCUT2D eigenvalue weighted by molar-refractivity contribution is 6.33. The third-order valence-electron chi connectivity index (χ3n) is 8.83. The van der Waals surface area contributed by atoms with Crippen LogP contribution in [0.3, 0.4) is 0 Å². The van der Waals surface area contributed by atoms with Crippen molar-refractivity contribution in [1.82, 2.24) is 15.0 Å². The van der Waals surface area contributed by atoms with Gasteiger partial charge in [-0.2, -0.15) is 0 Å². The van der Waals surface area contributed by atoms with Crippen molar-refractivity contribution in [3.8, 4) is 45.2 Å². The minimum Gasteiger partial charge on any atom is -0.247 e. The monoisotopic (exact) mass is 585 g/mol.